The fourth-order valence-corrected chi connectivity index (χ4v) is 3.64. The van der Waals surface area contributed by atoms with Crippen molar-refractivity contribution in [2.75, 3.05) is 6.54 Å². The van der Waals surface area contributed by atoms with Crippen molar-refractivity contribution < 1.29 is 0 Å². The second-order valence-corrected chi connectivity index (χ2v) is 6.64. The van der Waals surface area contributed by atoms with Crippen LogP contribution in [0.1, 0.15) is 62.8 Å². The first-order valence-corrected chi connectivity index (χ1v) is 7.96. The second kappa shape index (κ2) is 5.17. The predicted octanol–water partition coefficient (Wildman–Crippen LogP) is 2.76. The van der Waals surface area contributed by atoms with E-state index in [0.717, 1.165) is 28.3 Å². The van der Waals surface area contributed by atoms with Crippen LogP contribution in [0.2, 0.25) is 0 Å². The highest BCUT2D eigenvalue weighted by Crippen LogP contribution is 2.31. The molecular weight excluding hydrogens is 258 g/mol. The van der Waals surface area contributed by atoms with Crippen LogP contribution in [0.5, 0.6) is 0 Å². The van der Waals surface area contributed by atoms with Gasteiger partial charge in [-0.25, -0.2) is 0 Å². The van der Waals surface area contributed by atoms with E-state index in [-0.39, 0.29) is 0 Å². The molecular formula is C13H21N5S. The summed E-state index contributed by atoms with van der Waals surface area (Å²) in [5.41, 5.74) is 0. The molecule has 0 radical (unpaired) electrons. The molecule has 2 aromatic rings. The molecule has 2 atom stereocenters. The van der Waals surface area contributed by atoms with Crippen molar-refractivity contribution in [2.45, 2.75) is 52.0 Å². The monoisotopic (exact) mass is 279 g/mol. The van der Waals surface area contributed by atoms with E-state index >= 15 is 0 Å². The molecule has 0 spiro atoms. The summed E-state index contributed by atoms with van der Waals surface area (Å²) in [7, 11) is 0. The highest BCUT2D eigenvalue weighted by molar-refractivity contribution is 7.16. The van der Waals surface area contributed by atoms with E-state index in [1.54, 1.807) is 11.3 Å². The summed E-state index contributed by atoms with van der Waals surface area (Å²) >= 11 is 1.67. The first-order chi connectivity index (χ1) is 9.19. The minimum atomic E-state index is 0.354. The number of hydrogen-bond acceptors (Lipinski definition) is 5. The number of fused-ring (bicyclic) bond motifs is 1. The van der Waals surface area contributed by atoms with Crippen molar-refractivity contribution in [1.29, 1.82) is 0 Å². The zero-order valence-corrected chi connectivity index (χ0v) is 12.6. The van der Waals surface area contributed by atoms with Crippen molar-refractivity contribution in [1.82, 2.24) is 25.1 Å². The van der Waals surface area contributed by atoms with Crippen molar-refractivity contribution in [3.63, 3.8) is 0 Å². The van der Waals surface area contributed by atoms with Crippen LogP contribution in [0.3, 0.4) is 0 Å². The van der Waals surface area contributed by atoms with Crippen LogP contribution in [0.25, 0.3) is 4.96 Å². The van der Waals surface area contributed by atoms with Gasteiger partial charge in [0.15, 0.2) is 5.82 Å². The quantitative estimate of drug-likeness (QED) is 0.938. The molecule has 2 unspecified atom stereocenters. The first kappa shape index (κ1) is 13.0. The molecule has 6 heteroatoms. The van der Waals surface area contributed by atoms with E-state index in [1.165, 1.54) is 19.3 Å². The molecule has 0 amide bonds. The molecule has 19 heavy (non-hydrogen) atoms. The van der Waals surface area contributed by atoms with E-state index in [0.29, 0.717) is 12.0 Å². The maximum absolute atomic E-state index is 4.73. The Morgan fingerprint density at radius 1 is 1.42 bits per heavy atom. The maximum Gasteiger partial charge on any atom is 0.234 e. The van der Waals surface area contributed by atoms with E-state index in [2.05, 4.69) is 36.3 Å². The zero-order chi connectivity index (χ0) is 13.4. The molecule has 104 valence electrons. The van der Waals surface area contributed by atoms with Gasteiger partial charge in [-0.1, -0.05) is 38.5 Å². The SMILES string of the molecule is CCC1CCNC(c2nn3c(C(C)C)nnc3s2)C1. The molecule has 1 fully saturated rings. The Balaban J connectivity index is 1.88. The number of nitrogens with zero attached hydrogens (tertiary/aromatic N) is 4. The summed E-state index contributed by atoms with van der Waals surface area (Å²) in [6.07, 6.45) is 3.74. The Hall–Kier alpha value is -1.01. The number of piperidine rings is 1. The van der Waals surface area contributed by atoms with Crippen LogP contribution in [-0.4, -0.2) is 26.4 Å². The Bertz CT molecular complexity index is 558. The number of aromatic nitrogens is 4. The van der Waals surface area contributed by atoms with Gasteiger partial charge in [-0.3, -0.25) is 0 Å². The number of hydrogen-bond donors (Lipinski definition) is 1. The van der Waals surface area contributed by atoms with E-state index in [1.807, 2.05) is 4.52 Å². The average Bonchev–Trinajstić information content (AvgIpc) is 2.98. The molecule has 1 saturated heterocycles. The summed E-state index contributed by atoms with van der Waals surface area (Å²) in [5.74, 6) is 2.14. The van der Waals surface area contributed by atoms with Crippen molar-refractivity contribution in [3.8, 4) is 0 Å². The minimum absolute atomic E-state index is 0.354. The van der Waals surface area contributed by atoms with Crippen LogP contribution < -0.4 is 5.32 Å². The molecule has 0 aromatic carbocycles. The smallest absolute Gasteiger partial charge is 0.234 e. The fourth-order valence-electron chi connectivity index (χ4n) is 2.70. The van der Waals surface area contributed by atoms with Crippen LogP contribution in [0.4, 0.5) is 0 Å². The summed E-state index contributed by atoms with van der Waals surface area (Å²) in [6.45, 7) is 7.63. The summed E-state index contributed by atoms with van der Waals surface area (Å²) in [4.78, 5) is 0.916. The summed E-state index contributed by atoms with van der Waals surface area (Å²) in [5, 5.41) is 17.9. The van der Waals surface area contributed by atoms with Crippen LogP contribution in [0, 0.1) is 5.92 Å². The maximum atomic E-state index is 4.73. The third kappa shape index (κ3) is 2.39. The van der Waals surface area contributed by atoms with Crippen LogP contribution in [0.15, 0.2) is 0 Å². The van der Waals surface area contributed by atoms with Gasteiger partial charge in [0.1, 0.15) is 5.01 Å². The molecule has 2 aromatic heterocycles. The Morgan fingerprint density at radius 3 is 3.00 bits per heavy atom. The predicted molar refractivity (Wildman–Crippen MR) is 76.5 cm³/mol. The van der Waals surface area contributed by atoms with Crippen molar-refractivity contribution >= 4 is 16.3 Å². The molecule has 1 aliphatic heterocycles. The van der Waals surface area contributed by atoms with Gasteiger partial charge in [0.2, 0.25) is 4.96 Å². The third-order valence-corrected chi connectivity index (χ3v) is 4.95. The number of rotatable bonds is 3. The highest BCUT2D eigenvalue weighted by Gasteiger charge is 2.25. The normalized spacial score (nSPS) is 24.4. The summed E-state index contributed by atoms with van der Waals surface area (Å²) in [6, 6.07) is 0.394. The van der Waals surface area contributed by atoms with Gasteiger partial charge in [-0.15, -0.1) is 10.2 Å². The van der Waals surface area contributed by atoms with Gasteiger partial charge in [-0.2, -0.15) is 9.61 Å². The zero-order valence-electron chi connectivity index (χ0n) is 11.8. The molecule has 1 N–H and O–H groups in total. The van der Waals surface area contributed by atoms with Crippen LogP contribution >= 0.6 is 11.3 Å². The third-order valence-electron chi connectivity index (χ3n) is 3.93. The van der Waals surface area contributed by atoms with Gasteiger partial charge >= 0.3 is 0 Å². The standard InChI is InChI=1S/C13H21N5S/c1-4-9-5-6-14-10(7-9)12-17-18-11(8(2)3)15-16-13(18)19-12/h8-10,14H,4-7H2,1-3H3. The molecule has 0 bridgehead atoms. The lowest BCUT2D eigenvalue weighted by Crippen LogP contribution is -2.31. The van der Waals surface area contributed by atoms with Crippen LogP contribution in [-0.2, 0) is 0 Å². The Kier molecular flexibility index (Phi) is 3.54. The molecule has 1 aliphatic rings. The minimum Gasteiger partial charge on any atom is -0.308 e. The lowest BCUT2D eigenvalue weighted by atomic mass is 9.91. The van der Waals surface area contributed by atoms with E-state index < -0.39 is 0 Å². The molecule has 3 heterocycles. The van der Waals surface area contributed by atoms with Gasteiger partial charge in [0, 0.05) is 5.92 Å². The average molecular weight is 279 g/mol. The van der Waals surface area contributed by atoms with Crippen molar-refractivity contribution in [2.24, 2.45) is 5.92 Å². The lowest BCUT2D eigenvalue weighted by Gasteiger charge is -2.28. The van der Waals surface area contributed by atoms with Gasteiger partial charge < -0.3 is 5.32 Å². The van der Waals surface area contributed by atoms with Gasteiger partial charge in [0.25, 0.3) is 0 Å². The molecule has 0 saturated carbocycles. The fraction of sp³-hybridized carbons (Fsp3) is 0.769. The van der Waals surface area contributed by atoms with Gasteiger partial charge in [-0.05, 0) is 25.3 Å². The highest BCUT2D eigenvalue weighted by atomic mass is 32.1. The number of nitrogens with one attached hydrogen (secondary N) is 1. The first-order valence-electron chi connectivity index (χ1n) is 7.14. The van der Waals surface area contributed by atoms with E-state index in [4.69, 9.17) is 5.10 Å². The van der Waals surface area contributed by atoms with E-state index in [9.17, 15) is 0 Å². The summed E-state index contributed by atoms with van der Waals surface area (Å²) < 4.78 is 1.92. The molecule has 3 rings (SSSR count). The molecule has 5 nitrogen and oxygen atoms in total. The Labute approximate surface area is 117 Å². The topological polar surface area (TPSA) is 55.1 Å². The lowest BCUT2D eigenvalue weighted by molar-refractivity contribution is 0.297. The Morgan fingerprint density at radius 2 is 2.26 bits per heavy atom. The van der Waals surface area contributed by atoms with Crippen molar-refractivity contribution in [3.05, 3.63) is 10.8 Å². The molecule has 0 aliphatic carbocycles. The van der Waals surface area contributed by atoms with Gasteiger partial charge in [0.05, 0.1) is 6.04 Å². The largest absolute Gasteiger partial charge is 0.308 e. The second-order valence-electron chi connectivity index (χ2n) is 5.65.